The molecule has 0 saturated heterocycles. The van der Waals surface area contributed by atoms with Crippen LogP contribution in [0.4, 0.5) is 0 Å². The number of imidazole rings is 1. The molecule has 1 unspecified atom stereocenters. The normalized spacial score (nSPS) is 11.7. The second-order valence-corrected chi connectivity index (χ2v) is 8.75. The van der Waals surface area contributed by atoms with Gasteiger partial charge in [-0.15, -0.1) is 11.3 Å². The van der Waals surface area contributed by atoms with Crippen molar-refractivity contribution in [2.45, 2.75) is 26.2 Å². The minimum Gasteiger partial charge on any atom is -0.481 e. The van der Waals surface area contributed by atoms with E-state index in [1.165, 1.54) is 0 Å². The van der Waals surface area contributed by atoms with Gasteiger partial charge in [-0.1, -0.05) is 53.0 Å². The molecule has 0 fully saturated rings. The Morgan fingerprint density at radius 3 is 2.68 bits per heavy atom. The fourth-order valence-corrected chi connectivity index (χ4v) is 4.77. The zero-order valence-corrected chi connectivity index (χ0v) is 19.5. The molecular formula is C22H19Cl3N2O3S. The van der Waals surface area contributed by atoms with Crippen LogP contribution in [0.3, 0.4) is 0 Å². The molecule has 2 aromatic carbocycles. The Labute approximate surface area is 198 Å². The van der Waals surface area contributed by atoms with Crippen molar-refractivity contribution in [3.63, 3.8) is 0 Å². The van der Waals surface area contributed by atoms with Crippen LogP contribution in [0.1, 0.15) is 24.2 Å². The van der Waals surface area contributed by atoms with E-state index >= 15 is 0 Å². The van der Waals surface area contributed by atoms with E-state index in [2.05, 4.69) is 16.4 Å². The van der Waals surface area contributed by atoms with Crippen molar-refractivity contribution >= 4 is 62.2 Å². The predicted octanol–water partition coefficient (Wildman–Crippen LogP) is 7.11. The first-order valence-corrected chi connectivity index (χ1v) is 11.2. The molecule has 0 bridgehead atoms. The quantitative estimate of drug-likeness (QED) is 0.308. The summed E-state index contributed by atoms with van der Waals surface area (Å²) in [6.07, 6.45) is 5.17. The Bertz CT molecular complexity index is 1160. The molecular weight excluding hydrogens is 479 g/mol. The maximum atomic E-state index is 9.00. The molecule has 4 rings (SSSR count). The largest absolute Gasteiger partial charge is 0.481 e. The molecule has 1 atom stereocenters. The van der Waals surface area contributed by atoms with Gasteiger partial charge in [0.2, 0.25) is 0 Å². The maximum Gasteiger partial charge on any atom is 0.300 e. The van der Waals surface area contributed by atoms with Gasteiger partial charge in [0.15, 0.2) is 0 Å². The van der Waals surface area contributed by atoms with E-state index in [4.69, 9.17) is 49.4 Å². The number of halogens is 3. The number of ether oxygens (including phenoxy) is 1. The molecule has 5 nitrogen and oxygen atoms in total. The number of carboxylic acid groups (broad SMARTS) is 1. The lowest BCUT2D eigenvalue weighted by molar-refractivity contribution is -0.134. The van der Waals surface area contributed by atoms with Crippen molar-refractivity contribution in [1.29, 1.82) is 0 Å². The van der Waals surface area contributed by atoms with Gasteiger partial charge in [-0.25, -0.2) is 4.98 Å². The summed E-state index contributed by atoms with van der Waals surface area (Å²) in [5.41, 5.74) is 2.01. The summed E-state index contributed by atoms with van der Waals surface area (Å²) in [7, 11) is 0. The van der Waals surface area contributed by atoms with Crippen molar-refractivity contribution in [3.05, 3.63) is 86.7 Å². The van der Waals surface area contributed by atoms with E-state index < -0.39 is 5.97 Å². The van der Waals surface area contributed by atoms with Gasteiger partial charge in [-0.2, -0.15) is 0 Å². The molecule has 0 amide bonds. The smallest absolute Gasteiger partial charge is 0.300 e. The highest BCUT2D eigenvalue weighted by Gasteiger charge is 2.18. The molecule has 0 aliphatic rings. The van der Waals surface area contributed by atoms with Gasteiger partial charge >= 0.3 is 0 Å². The fraction of sp³-hybridized carbons (Fsp3) is 0.182. The fourth-order valence-electron chi connectivity index (χ4n) is 2.97. The second kappa shape index (κ2) is 11.0. The highest BCUT2D eigenvalue weighted by Crippen LogP contribution is 2.35. The van der Waals surface area contributed by atoms with Gasteiger partial charge in [0.1, 0.15) is 6.10 Å². The third-order valence-corrected chi connectivity index (χ3v) is 6.38. The van der Waals surface area contributed by atoms with Crippen LogP contribution in [0.25, 0.3) is 10.1 Å². The van der Waals surface area contributed by atoms with Crippen molar-refractivity contribution in [2.24, 2.45) is 0 Å². The number of aliphatic carboxylic acids is 1. The number of thiophene rings is 1. The first kappa shape index (κ1) is 23.6. The molecule has 2 aromatic heterocycles. The Balaban J connectivity index is 0.000000628. The number of hydrogen-bond donors (Lipinski definition) is 1. The molecule has 0 spiro atoms. The molecule has 9 heteroatoms. The van der Waals surface area contributed by atoms with E-state index in [9.17, 15) is 0 Å². The summed E-state index contributed by atoms with van der Waals surface area (Å²) in [4.78, 5) is 13.1. The summed E-state index contributed by atoms with van der Waals surface area (Å²) < 4.78 is 9.35. The summed E-state index contributed by atoms with van der Waals surface area (Å²) in [6, 6.07) is 11.4. The summed E-state index contributed by atoms with van der Waals surface area (Å²) in [5, 5.41) is 12.6. The third kappa shape index (κ3) is 6.45. The van der Waals surface area contributed by atoms with Gasteiger partial charge in [0.05, 0.1) is 29.2 Å². The Morgan fingerprint density at radius 2 is 2.00 bits per heavy atom. The lowest BCUT2D eigenvalue weighted by atomic mass is 10.1. The highest BCUT2D eigenvalue weighted by molar-refractivity contribution is 7.18. The summed E-state index contributed by atoms with van der Waals surface area (Å²) in [6.45, 7) is 2.14. The first-order valence-electron chi connectivity index (χ1n) is 9.21. The Morgan fingerprint density at radius 1 is 1.23 bits per heavy atom. The van der Waals surface area contributed by atoms with Crippen LogP contribution in [0.2, 0.25) is 15.1 Å². The average Bonchev–Trinajstić information content (AvgIpc) is 3.35. The average molecular weight is 498 g/mol. The van der Waals surface area contributed by atoms with Crippen LogP contribution in [0, 0.1) is 0 Å². The number of aromatic nitrogens is 2. The molecule has 0 aliphatic heterocycles. The molecule has 31 heavy (non-hydrogen) atoms. The van der Waals surface area contributed by atoms with E-state index in [1.54, 1.807) is 29.9 Å². The number of nitrogens with zero attached hydrogens (tertiary/aromatic N) is 2. The molecule has 1 N–H and O–H groups in total. The second-order valence-electron chi connectivity index (χ2n) is 6.62. The number of carbonyl (C=O) groups is 1. The Hall–Kier alpha value is -2.09. The van der Waals surface area contributed by atoms with Crippen LogP contribution in [-0.2, 0) is 22.7 Å². The minimum absolute atomic E-state index is 0.238. The van der Waals surface area contributed by atoms with Crippen LogP contribution >= 0.6 is 46.1 Å². The van der Waals surface area contributed by atoms with Crippen LogP contribution < -0.4 is 0 Å². The molecule has 0 radical (unpaired) electrons. The van der Waals surface area contributed by atoms with Gasteiger partial charge < -0.3 is 14.4 Å². The first-order chi connectivity index (χ1) is 14.8. The van der Waals surface area contributed by atoms with E-state index in [0.29, 0.717) is 23.2 Å². The van der Waals surface area contributed by atoms with Gasteiger partial charge in [-0.05, 0) is 34.5 Å². The topological polar surface area (TPSA) is 64.3 Å². The number of carboxylic acids is 1. The summed E-state index contributed by atoms with van der Waals surface area (Å²) >= 11 is 20.4. The molecule has 0 aliphatic carbocycles. The predicted molar refractivity (Wildman–Crippen MR) is 126 cm³/mol. The SMILES string of the molecule is CC(=O)O.Clc1ccc(C(Cn2ccnc2)OCc2csc3c(Cl)cccc23)c(Cl)c1. The van der Waals surface area contributed by atoms with E-state index in [0.717, 1.165) is 33.2 Å². The molecule has 0 saturated carbocycles. The number of fused-ring (bicyclic) bond motifs is 1. The number of rotatable bonds is 6. The van der Waals surface area contributed by atoms with E-state index in [1.807, 2.05) is 35.0 Å². The monoisotopic (exact) mass is 496 g/mol. The Kier molecular flexibility index (Phi) is 8.35. The van der Waals surface area contributed by atoms with Crippen LogP contribution in [0.5, 0.6) is 0 Å². The molecule has 4 aromatic rings. The zero-order chi connectivity index (χ0) is 22.4. The molecule has 162 valence electrons. The minimum atomic E-state index is -0.833. The van der Waals surface area contributed by atoms with Crippen molar-refractivity contribution in [3.8, 4) is 0 Å². The molecule has 2 heterocycles. The van der Waals surface area contributed by atoms with Crippen molar-refractivity contribution in [2.75, 3.05) is 0 Å². The van der Waals surface area contributed by atoms with Gasteiger partial charge in [0, 0.05) is 34.9 Å². The third-order valence-electron chi connectivity index (χ3n) is 4.32. The highest BCUT2D eigenvalue weighted by atomic mass is 35.5. The number of hydrogen-bond acceptors (Lipinski definition) is 4. The lowest BCUT2D eigenvalue weighted by Crippen LogP contribution is -2.12. The van der Waals surface area contributed by atoms with Crippen molar-refractivity contribution < 1.29 is 14.6 Å². The van der Waals surface area contributed by atoms with Gasteiger partial charge in [-0.3, -0.25) is 4.79 Å². The zero-order valence-electron chi connectivity index (χ0n) is 16.5. The van der Waals surface area contributed by atoms with E-state index in [-0.39, 0.29) is 6.10 Å². The van der Waals surface area contributed by atoms with Crippen molar-refractivity contribution in [1.82, 2.24) is 9.55 Å². The lowest BCUT2D eigenvalue weighted by Gasteiger charge is -2.20. The standard InChI is InChI=1S/C20H15Cl3N2OS.C2H4O2/c21-14-4-5-16(18(23)8-14)19(9-25-7-6-24-12-25)26-10-13-11-27-20-15(13)2-1-3-17(20)22;1-2(3)4/h1-8,11-12,19H,9-10H2;1H3,(H,3,4). The maximum absolute atomic E-state index is 9.00. The number of benzene rings is 2. The van der Waals surface area contributed by atoms with Crippen LogP contribution in [0.15, 0.2) is 60.5 Å². The summed E-state index contributed by atoms with van der Waals surface area (Å²) in [5.74, 6) is -0.833. The van der Waals surface area contributed by atoms with Gasteiger partial charge in [0.25, 0.3) is 5.97 Å². The van der Waals surface area contributed by atoms with Crippen LogP contribution in [-0.4, -0.2) is 20.6 Å².